The molecule has 0 unspecified atom stereocenters. The minimum Gasteiger partial charge on any atom is -0.508 e. The summed E-state index contributed by atoms with van der Waals surface area (Å²) in [5, 5.41) is 14.7. The van der Waals surface area contributed by atoms with Crippen molar-refractivity contribution in [3.8, 4) is 11.6 Å². The van der Waals surface area contributed by atoms with Crippen molar-refractivity contribution in [1.82, 2.24) is 9.55 Å². The first-order valence-corrected chi connectivity index (χ1v) is 9.82. The lowest BCUT2D eigenvalue weighted by Gasteiger charge is -2.08. The van der Waals surface area contributed by atoms with Crippen LogP contribution in [0.1, 0.15) is 0 Å². The highest BCUT2D eigenvalue weighted by Gasteiger charge is 2.17. The van der Waals surface area contributed by atoms with E-state index in [0.717, 1.165) is 32.3 Å². The lowest BCUT2D eigenvalue weighted by Crippen LogP contribution is -2.01. The van der Waals surface area contributed by atoms with Crippen LogP contribution in [-0.2, 0) is 0 Å². The zero-order valence-corrected chi connectivity index (χ0v) is 15.6. The summed E-state index contributed by atoms with van der Waals surface area (Å²) in [6.45, 7) is 0. The van der Waals surface area contributed by atoms with Crippen LogP contribution in [0.3, 0.4) is 0 Å². The number of pyridine rings is 1. The molecule has 0 amide bonds. The van der Waals surface area contributed by atoms with E-state index >= 15 is 0 Å². The molecule has 0 saturated carbocycles. The summed E-state index contributed by atoms with van der Waals surface area (Å²) in [7, 11) is 6.06. The average Bonchev–Trinajstić information content (AvgIpc) is 3.23. The van der Waals surface area contributed by atoms with E-state index in [1.165, 1.54) is 15.5 Å². The number of phenols is 1. The van der Waals surface area contributed by atoms with E-state index in [0.29, 0.717) is 5.46 Å². The predicted octanol–water partition coefficient (Wildman–Crippen LogP) is 5.05. The van der Waals surface area contributed by atoms with Crippen LogP contribution >= 0.6 is 11.3 Å². The van der Waals surface area contributed by atoms with Gasteiger partial charge in [0.15, 0.2) is 5.82 Å². The lowest BCUT2D eigenvalue weighted by atomic mass is 9.94. The van der Waals surface area contributed by atoms with E-state index in [2.05, 4.69) is 34.9 Å². The summed E-state index contributed by atoms with van der Waals surface area (Å²) in [4.78, 5) is 4.76. The Hall–Kier alpha value is -3.31. The summed E-state index contributed by atoms with van der Waals surface area (Å²) in [6.07, 6.45) is 1.86. The molecule has 0 bridgehead atoms. The molecule has 3 aromatic heterocycles. The van der Waals surface area contributed by atoms with Gasteiger partial charge in [0.2, 0.25) is 0 Å². The summed E-state index contributed by atoms with van der Waals surface area (Å²) in [5.41, 5.74) is 2.65. The monoisotopic (exact) mass is 376 g/mol. The third-order valence-electron chi connectivity index (χ3n) is 5.26. The molecule has 0 aliphatic heterocycles. The van der Waals surface area contributed by atoms with Gasteiger partial charge in [-0.25, -0.2) is 4.98 Å². The number of aromatic nitrogens is 2. The molecule has 0 spiro atoms. The number of rotatable bonds is 1. The summed E-state index contributed by atoms with van der Waals surface area (Å²) >= 11 is 1.74. The molecule has 130 valence electrons. The molecule has 0 saturated heterocycles. The van der Waals surface area contributed by atoms with Crippen molar-refractivity contribution in [3.63, 3.8) is 0 Å². The largest absolute Gasteiger partial charge is 0.508 e. The van der Waals surface area contributed by atoms with Crippen LogP contribution in [0.15, 0.2) is 72.9 Å². The second kappa shape index (κ2) is 5.60. The molecule has 28 heavy (non-hydrogen) atoms. The molecule has 1 N–H and O–H groups in total. The van der Waals surface area contributed by atoms with E-state index in [1.54, 1.807) is 23.5 Å². The smallest absolute Gasteiger partial charge is 0.155 e. The van der Waals surface area contributed by atoms with Crippen molar-refractivity contribution in [2.24, 2.45) is 0 Å². The van der Waals surface area contributed by atoms with Crippen molar-refractivity contribution in [2.75, 3.05) is 0 Å². The molecule has 0 fully saturated rings. The first-order valence-electron chi connectivity index (χ1n) is 9.00. The van der Waals surface area contributed by atoms with E-state index in [-0.39, 0.29) is 5.75 Å². The Morgan fingerprint density at radius 3 is 2.64 bits per heavy atom. The molecule has 0 aliphatic carbocycles. The SMILES string of the molecule is [B]c1ccc2c(c1)c1ccc(O)cc1n2-c1nccc2c1sc1ccccc12. The van der Waals surface area contributed by atoms with Crippen molar-refractivity contribution < 1.29 is 5.11 Å². The van der Waals surface area contributed by atoms with Crippen LogP contribution in [0, 0.1) is 0 Å². The number of nitrogens with zero attached hydrogens (tertiary/aromatic N) is 2. The van der Waals surface area contributed by atoms with Gasteiger partial charge in [-0.1, -0.05) is 35.8 Å². The van der Waals surface area contributed by atoms with Crippen LogP contribution in [-0.4, -0.2) is 22.5 Å². The Morgan fingerprint density at radius 2 is 1.71 bits per heavy atom. The number of fused-ring (bicyclic) bond motifs is 6. The van der Waals surface area contributed by atoms with Crippen molar-refractivity contribution in [1.29, 1.82) is 0 Å². The lowest BCUT2D eigenvalue weighted by molar-refractivity contribution is 0.476. The summed E-state index contributed by atoms with van der Waals surface area (Å²) in [5.74, 6) is 1.10. The molecule has 2 radical (unpaired) electrons. The maximum absolute atomic E-state index is 10.2. The van der Waals surface area contributed by atoms with Gasteiger partial charge in [0.05, 0.1) is 15.7 Å². The number of benzene rings is 3. The molecule has 3 heterocycles. The maximum Gasteiger partial charge on any atom is 0.155 e. The number of hydrogen-bond acceptors (Lipinski definition) is 3. The fourth-order valence-corrected chi connectivity index (χ4v) is 5.23. The molecule has 3 nitrogen and oxygen atoms in total. The fourth-order valence-electron chi connectivity index (χ4n) is 4.05. The first kappa shape index (κ1) is 15.7. The Balaban J connectivity index is 1.83. The second-order valence-corrected chi connectivity index (χ2v) is 7.98. The summed E-state index contributed by atoms with van der Waals surface area (Å²) in [6, 6.07) is 21.8. The minimum atomic E-state index is 0.230. The standard InChI is InChI=1S/C23H13BN2OS/c24-13-5-8-19-18(11-13)15-7-6-14(27)12-20(15)26(19)23-22-17(9-10-25-23)16-3-1-2-4-21(16)28-22/h1-12,27H. The van der Waals surface area contributed by atoms with Crippen LogP contribution in [0.25, 0.3) is 47.8 Å². The number of phenolic OH excluding ortho intramolecular Hbond substituents is 1. The van der Waals surface area contributed by atoms with Gasteiger partial charge in [-0.2, -0.15) is 0 Å². The highest BCUT2D eigenvalue weighted by Crippen LogP contribution is 2.39. The normalized spacial score (nSPS) is 11.9. The van der Waals surface area contributed by atoms with E-state index in [4.69, 9.17) is 12.8 Å². The van der Waals surface area contributed by atoms with E-state index in [9.17, 15) is 5.11 Å². The number of aromatic hydroxyl groups is 1. The predicted molar refractivity (Wildman–Crippen MR) is 119 cm³/mol. The van der Waals surface area contributed by atoms with E-state index in [1.807, 2.05) is 30.5 Å². The zero-order valence-electron chi connectivity index (χ0n) is 14.8. The maximum atomic E-state index is 10.2. The average molecular weight is 376 g/mol. The number of hydrogen-bond donors (Lipinski definition) is 1. The Morgan fingerprint density at radius 1 is 0.821 bits per heavy atom. The van der Waals surface area contributed by atoms with Gasteiger partial charge in [-0.3, -0.25) is 4.57 Å². The third-order valence-corrected chi connectivity index (χ3v) is 6.44. The molecular formula is C23H13BN2OS. The quantitative estimate of drug-likeness (QED) is 0.408. The van der Waals surface area contributed by atoms with Gasteiger partial charge in [-0.05, 0) is 30.3 Å². The van der Waals surface area contributed by atoms with Gasteiger partial charge in [-0.15, -0.1) is 11.3 Å². The van der Waals surface area contributed by atoms with Gasteiger partial charge in [0, 0.05) is 38.5 Å². The third kappa shape index (κ3) is 2.08. The second-order valence-electron chi connectivity index (χ2n) is 6.92. The molecule has 5 heteroatoms. The van der Waals surface area contributed by atoms with Crippen LogP contribution in [0.2, 0.25) is 0 Å². The van der Waals surface area contributed by atoms with Crippen LogP contribution in [0.4, 0.5) is 0 Å². The van der Waals surface area contributed by atoms with Crippen LogP contribution in [0.5, 0.6) is 5.75 Å². The van der Waals surface area contributed by atoms with E-state index < -0.39 is 0 Å². The zero-order chi connectivity index (χ0) is 18.8. The Labute approximate surface area is 165 Å². The highest BCUT2D eigenvalue weighted by atomic mass is 32.1. The Kier molecular flexibility index (Phi) is 3.14. The van der Waals surface area contributed by atoms with Crippen molar-refractivity contribution in [3.05, 3.63) is 72.9 Å². The van der Waals surface area contributed by atoms with Crippen LogP contribution < -0.4 is 5.46 Å². The first-order chi connectivity index (χ1) is 13.7. The van der Waals surface area contributed by atoms with Crippen molar-refractivity contribution >= 4 is 66.6 Å². The van der Waals surface area contributed by atoms with Crippen molar-refractivity contribution in [2.45, 2.75) is 0 Å². The minimum absolute atomic E-state index is 0.230. The Bertz CT molecular complexity index is 1550. The molecule has 6 rings (SSSR count). The molecule has 6 aromatic rings. The van der Waals surface area contributed by atoms with Gasteiger partial charge < -0.3 is 5.11 Å². The summed E-state index contributed by atoms with van der Waals surface area (Å²) < 4.78 is 4.49. The molecule has 0 aliphatic rings. The molecule has 3 aromatic carbocycles. The molecular weight excluding hydrogens is 363 g/mol. The van der Waals surface area contributed by atoms with Gasteiger partial charge >= 0.3 is 0 Å². The highest BCUT2D eigenvalue weighted by molar-refractivity contribution is 7.26. The fraction of sp³-hybridized carbons (Fsp3) is 0. The van der Waals surface area contributed by atoms with Gasteiger partial charge in [0.1, 0.15) is 13.6 Å². The topological polar surface area (TPSA) is 38.0 Å². The molecule has 0 atom stereocenters. The number of thiophene rings is 1. The van der Waals surface area contributed by atoms with Gasteiger partial charge in [0.25, 0.3) is 0 Å².